The lowest BCUT2D eigenvalue weighted by Crippen LogP contribution is -2.56. The van der Waals surface area contributed by atoms with E-state index in [4.69, 9.17) is 5.73 Å². The van der Waals surface area contributed by atoms with E-state index in [0.717, 1.165) is 45.1 Å². The highest BCUT2D eigenvalue weighted by atomic mass is 16.3. The summed E-state index contributed by atoms with van der Waals surface area (Å²) < 4.78 is 0. The summed E-state index contributed by atoms with van der Waals surface area (Å²) in [7, 11) is 0. The van der Waals surface area contributed by atoms with Crippen molar-refractivity contribution in [3.8, 4) is 0 Å². The highest BCUT2D eigenvalue weighted by Gasteiger charge is 2.53. The monoisotopic (exact) mass is 252 g/mol. The lowest BCUT2D eigenvalue weighted by Gasteiger charge is -2.48. The van der Waals surface area contributed by atoms with E-state index in [-0.39, 0.29) is 17.2 Å². The van der Waals surface area contributed by atoms with E-state index < -0.39 is 5.60 Å². The van der Waals surface area contributed by atoms with Gasteiger partial charge in [0.2, 0.25) is 5.91 Å². The first-order chi connectivity index (χ1) is 8.60. The molecule has 2 saturated carbocycles. The van der Waals surface area contributed by atoms with Crippen LogP contribution in [0.25, 0.3) is 0 Å². The van der Waals surface area contributed by atoms with Gasteiger partial charge in [0.15, 0.2) is 0 Å². The zero-order valence-electron chi connectivity index (χ0n) is 11.0. The van der Waals surface area contributed by atoms with E-state index in [9.17, 15) is 9.90 Å². The molecule has 0 aromatic carbocycles. The van der Waals surface area contributed by atoms with Gasteiger partial charge in [-0.15, -0.1) is 0 Å². The van der Waals surface area contributed by atoms with Gasteiger partial charge in [0.05, 0.1) is 11.0 Å². The maximum Gasteiger partial charge on any atom is 0.230 e. The van der Waals surface area contributed by atoms with Gasteiger partial charge in [-0.2, -0.15) is 0 Å². The van der Waals surface area contributed by atoms with Crippen LogP contribution in [0, 0.1) is 11.3 Å². The minimum absolute atomic E-state index is 0.232. The standard InChI is InChI=1S/C14H24N2O2/c15-10-13(5-6-13)12(17)16-8-7-14(18)4-2-1-3-11(14)9-16/h11,18H,1-10,15H2. The van der Waals surface area contributed by atoms with Crippen LogP contribution in [-0.4, -0.2) is 41.1 Å². The van der Waals surface area contributed by atoms with Gasteiger partial charge in [-0.25, -0.2) is 0 Å². The van der Waals surface area contributed by atoms with Crippen LogP contribution < -0.4 is 5.73 Å². The zero-order chi connectivity index (χ0) is 12.8. The van der Waals surface area contributed by atoms with Gasteiger partial charge in [0, 0.05) is 25.6 Å². The second kappa shape index (κ2) is 4.20. The summed E-state index contributed by atoms with van der Waals surface area (Å²) in [6, 6.07) is 0. The summed E-state index contributed by atoms with van der Waals surface area (Å²) in [6.45, 7) is 1.95. The van der Waals surface area contributed by atoms with Crippen molar-refractivity contribution in [3.63, 3.8) is 0 Å². The number of hydrogen-bond acceptors (Lipinski definition) is 3. The minimum Gasteiger partial charge on any atom is -0.389 e. The first-order valence-electron chi connectivity index (χ1n) is 7.31. The summed E-state index contributed by atoms with van der Waals surface area (Å²) >= 11 is 0. The molecule has 2 unspecified atom stereocenters. The van der Waals surface area contributed by atoms with E-state index >= 15 is 0 Å². The summed E-state index contributed by atoms with van der Waals surface area (Å²) in [4.78, 5) is 14.4. The Bertz CT molecular complexity index is 354. The first kappa shape index (κ1) is 12.4. The van der Waals surface area contributed by atoms with Gasteiger partial charge < -0.3 is 15.7 Å². The molecule has 1 aliphatic heterocycles. The quantitative estimate of drug-likeness (QED) is 0.766. The predicted molar refractivity (Wildman–Crippen MR) is 68.8 cm³/mol. The number of nitrogens with two attached hydrogens (primary N) is 1. The molecule has 3 aliphatic rings. The van der Waals surface area contributed by atoms with Gasteiger partial charge >= 0.3 is 0 Å². The molecule has 1 heterocycles. The first-order valence-corrected chi connectivity index (χ1v) is 7.31. The Morgan fingerprint density at radius 3 is 2.72 bits per heavy atom. The van der Waals surface area contributed by atoms with Gasteiger partial charge in [-0.1, -0.05) is 12.8 Å². The van der Waals surface area contributed by atoms with Crippen LogP contribution in [0.1, 0.15) is 44.9 Å². The largest absolute Gasteiger partial charge is 0.389 e. The zero-order valence-corrected chi connectivity index (χ0v) is 11.0. The Morgan fingerprint density at radius 1 is 1.28 bits per heavy atom. The number of carbonyl (C=O) groups is 1. The molecule has 4 nitrogen and oxygen atoms in total. The highest BCUT2D eigenvalue weighted by Crippen LogP contribution is 2.48. The van der Waals surface area contributed by atoms with Crippen LogP contribution in [-0.2, 0) is 4.79 Å². The third-order valence-corrected chi connectivity index (χ3v) is 5.41. The fraction of sp³-hybridized carbons (Fsp3) is 0.929. The molecule has 3 N–H and O–H groups in total. The van der Waals surface area contributed by atoms with Crippen LogP contribution in [0.2, 0.25) is 0 Å². The van der Waals surface area contributed by atoms with E-state index in [1.165, 1.54) is 6.42 Å². The second-order valence-corrected chi connectivity index (χ2v) is 6.53. The number of nitrogens with zero attached hydrogens (tertiary/aromatic N) is 1. The van der Waals surface area contributed by atoms with Crippen molar-refractivity contribution in [2.45, 2.75) is 50.5 Å². The average Bonchev–Trinajstić information content (AvgIpc) is 3.18. The van der Waals surface area contributed by atoms with E-state index in [0.29, 0.717) is 13.1 Å². The predicted octanol–water partition coefficient (Wildman–Crippen LogP) is 0.879. The van der Waals surface area contributed by atoms with Crippen molar-refractivity contribution >= 4 is 5.91 Å². The van der Waals surface area contributed by atoms with Crippen LogP contribution in [0.15, 0.2) is 0 Å². The Labute approximate surface area is 109 Å². The molecule has 2 aliphatic carbocycles. The molecule has 4 heteroatoms. The molecule has 0 spiro atoms. The van der Waals surface area contributed by atoms with E-state index in [1.807, 2.05) is 4.90 Å². The van der Waals surface area contributed by atoms with E-state index in [1.54, 1.807) is 0 Å². The summed E-state index contributed by atoms with van der Waals surface area (Å²) in [6.07, 6.45) is 6.97. The van der Waals surface area contributed by atoms with Crippen molar-refractivity contribution in [2.75, 3.05) is 19.6 Å². The topological polar surface area (TPSA) is 66.6 Å². The molecule has 0 aromatic rings. The molecular weight excluding hydrogens is 228 g/mol. The molecule has 102 valence electrons. The van der Waals surface area contributed by atoms with Gasteiger partial charge in [0.1, 0.15) is 0 Å². The molecule has 0 radical (unpaired) electrons. The number of amides is 1. The van der Waals surface area contributed by atoms with Crippen LogP contribution >= 0.6 is 0 Å². The lowest BCUT2D eigenvalue weighted by atomic mass is 9.71. The van der Waals surface area contributed by atoms with Crippen LogP contribution in [0.3, 0.4) is 0 Å². The van der Waals surface area contributed by atoms with Crippen molar-refractivity contribution < 1.29 is 9.90 Å². The number of rotatable bonds is 2. The Kier molecular flexibility index (Phi) is 2.90. The number of piperidine rings is 1. The minimum atomic E-state index is -0.492. The number of hydrogen-bond donors (Lipinski definition) is 2. The third-order valence-electron chi connectivity index (χ3n) is 5.41. The Balaban J connectivity index is 1.68. The number of fused-ring (bicyclic) bond motifs is 1. The van der Waals surface area contributed by atoms with Crippen molar-refractivity contribution in [2.24, 2.45) is 17.1 Å². The summed E-state index contributed by atoms with van der Waals surface area (Å²) in [5.74, 6) is 0.537. The summed E-state index contributed by atoms with van der Waals surface area (Å²) in [5.41, 5.74) is 5.01. The smallest absolute Gasteiger partial charge is 0.230 e. The van der Waals surface area contributed by atoms with Crippen LogP contribution in [0.4, 0.5) is 0 Å². The fourth-order valence-corrected chi connectivity index (χ4v) is 3.75. The molecule has 18 heavy (non-hydrogen) atoms. The number of aliphatic hydroxyl groups is 1. The second-order valence-electron chi connectivity index (χ2n) is 6.53. The third kappa shape index (κ3) is 1.86. The van der Waals surface area contributed by atoms with E-state index in [2.05, 4.69) is 0 Å². The normalized spacial score (nSPS) is 38.1. The lowest BCUT2D eigenvalue weighted by molar-refractivity contribution is -0.148. The Hall–Kier alpha value is -0.610. The maximum atomic E-state index is 12.5. The molecule has 3 rings (SSSR count). The van der Waals surface area contributed by atoms with Crippen molar-refractivity contribution in [1.82, 2.24) is 4.90 Å². The SMILES string of the molecule is NCC1(C(=O)N2CCC3(O)CCCCC3C2)CC1. The van der Waals surface area contributed by atoms with Gasteiger partial charge in [0.25, 0.3) is 0 Å². The van der Waals surface area contributed by atoms with Crippen molar-refractivity contribution in [1.29, 1.82) is 0 Å². The maximum absolute atomic E-state index is 12.5. The Morgan fingerprint density at radius 2 is 2.06 bits per heavy atom. The summed E-state index contributed by atoms with van der Waals surface area (Å²) in [5, 5.41) is 10.6. The molecule has 2 atom stereocenters. The molecule has 1 saturated heterocycles. The van der Waals surface area contributed by atoms with Crippen LogP contribution in [0.5, 0.6) is 0 Å². The fourth-order valence-electron chi connectivity index (χ4n) is 3.75. The highest BCUT2D eigenvalue weighted by molar-refractivity contribution is 5.85. The van der Waals surface area contributed by atoms with Gasteiger partial charge in [-0.05, 0) is 32.1 Å². The molecule has 0 bridgehead atoms. The molecule has 0 aromatic heterocycles. The molecular formula is C14H24N2O2. The number of carbonyl (C=O) groups excluding carboxylic acids is 1. The van der Waals surface area contributed by atoms with Crippen molar-refractivity contribution in [3.05, 3.63) is 0 Å². The number of likely N-dealkylation sites (tertiary alicyclic amines) is 1. The van der Waals surface area contributed by atoms with Gasteiger partial charge in [-0.3, -0.25) is 4.79 Å². The molecule has 1 amide bonds. The average molecular weight is 252 g/mol. The molecule has 3 fully saturated rings.